The Morgan fingerprint density at radius 3 is 2.64 bits per heavy atom. The predicted molar refractivity (Wildman–Crippen MR) is 95.9 cm³/mol. The number of hydrogen-bond acceptors (Lipinski definition) is 6. The fourth-order valence-corrected chi connectivity index (χ4v) is 2.96. The summed E-state index contributed by atoms with van der Waals surface area (Å²) in [5.41, 5.74) is 0.814. The molecule has 0 fully saturated rings. The fraction of sp³-hybridized carbons (Fsp3) is 0.222. The Labute approximate surface area is 149 Å². The van der Waals surface area contributed by atoms with E-state index in [4.69, 9.17) is 10.00 Å². The Kier molecular flexibility index (Phi) is 6.43. The number of nitrogens with zero attached hydrogens (tertiary/aromatic N) is 2. The Morgan fingerprint density at radius 1 is 1.32 bits per heavy atom. The van der Waals surface area contributed by atoms with Gasteiger partial charge in [-0.25, -0.2) is 4.79 Å². The molecular formula is C18H16N2O4S. The molecule has 0 atom stereocenters. The van der Waals surface area contributed by atoms with Crippen molar-refractivity contribution in [2.24, 2.45) is 0 Å². The monoisotopic (exact) mass is 356 g/mol. The van der Waals surface area contributed by atoms with Gasteiger partial charge in [-0.05, 0) is 42.3 Å². The van der Waals surface area contributed by atoms with Crippen LogP contribution in [0, 0.1) is 21.4 Å². The first kappa shape index (κ1) is 18.4. The van der Waals surface area contributed by atoms with E-state index in [1.165, 1.54) is 29.5 Å². The van der Waals surface area contributed by atoms with Crippen LogP contribution in [0.15, 0.2) is 42.0 Å². The first-order valence-electron chi connectivity index (χ1n) is 7.68. The maximum Gasteiger partial charge on any atom is 0.348 e. The lowest BCUT2D eigenvalue weighted by molar-refractivity contribution is -0.384. The average molecular weight is 356 g/mol. The van der Waals surface area contributed by atoms with Gasteiger partial charge in [0.05, 0.1) is 11.5 Å². The highest BCUT2D eigenvalue weighted by Crippen LogP contribution is 2.30. The van der Waals surface area contributed by atoms with Crippen molar-refractivity contribution in [1.82, 2.24) is 0 Å². The number of nitriles is 1. The molecule has 0 saturated carbocycles. The summed E-state index contributed by atoms with van der Waals surface area (Å²) in [6.45, 7) is 2.28. The minimum Gasteiger partial charge on any atom is -0.462 e. The molecule has 0 N–H and O–H groups in total. The molecule has 0 aliphatic heterocycles. The highest BCUT2D eigenvalue weighted by Gasteiger charge is 2.12. The summed E-state index contributed by atoms with van der Waals surface area (Å²) >= 11 is 1.38. The van der Waals surface area contributed by atoms with Gasteiger partial charge in [-0.15, -0.1) is 11.3 Å². The molecular weight excluding hydrogens is 340 g/mol. The van der Waals surface area contributed by atoms with E-state index >= 15 is 0 Å². The minimum atomic E-state index is -0.624. The third kappa shape index (κ3) is 4.99. The number of carbonyl (C=O) groups is 1. The van der Waals surface area contributed by atoms with Crippen molar-refractivity contribution in [3.8, 4) is 16.5 Å². The molecule has 0 spiro atoms. The maximum atomic E-state index is 11.9. The largest absolute Gasteiger partial charge is 0.462 e. The number of unbranched alkanes of at least 4 members (excludes halogenated alkanes) is 1. The molecule has 0 bridgehead atoms. The molecule has 128 valence electrons. The van der Waals surface area contributed by atoms with Gasteiger partial charge in [0, 0.05) is 21.9 Å². The molecule has 0 unspecified atom stereocenters. The lowest BCUT2D eigenvalue weighted by Crippen LogP contribution is -2.07. The maximum absolute atomic E-state index is 11.9. The molecule has 2 aromatic rings. The number of thiophene rings is 1. The van der Waals surface area contributed by atoms with Gasteiger partial charge in [0.2, 0.25) is 0 Å². The molecule has 6 nitrogen and oxygen atoms in total. The van der Waals surface area contributed by atoms with Gasteiger partial charge in [0.25, 0.3) is 5.69 Å². The second-order valence-corrected chi connectivity index (χ2v) is 6.28. The standard InChI is InChI=1S/C18H16N2O4S/c1-2-3-10-24-18(21)14(12-19)11-16-8-9-17(25-16)13-4-6-15(7-5-13)20(22)23/h4-9,11H,2-3,10H2,1H3. The average Bonchev–Trinajstić information content (AvgIpc) is 3.08. The number of benzene rings is 1. The van der Waals surface area contributed by atoms with E-state index in [1.54, 1.807) is 18.2 Å². The van der Waals surface area contributed by atoms with Crippen molar-refractivity contribution in [2.45, 2.75) is 19.8 Å². The molecule has 0 radical (unpaired) electrons. The topological polar surface area (TPSA) is 93.2 Å². The number of esters is 1. The first-order chi connectivity index (χ1) is 12.0. The van der Waals surface area contributed by atoms with Crippen LogP contribution in [0.2, 0.25) is 0 Å². The fourth-order valence-electron chi connectivity index (χ4n) is 2.00. The Hall–Kier alpha value is -2.98. The van der Waals surface area contributed by atoms with Crippen molar-refractivity contribution in [1.29, 1.82) is 5.26 Å². The molecule has 0 saturated heterocycles. The predicted octanol–water partition coefficient (Wildman–Crippen LogP) is 4.57. The lowest BCUT2D eigenvalue weighted by Gasteiger charge is -2.01. The molecule has 1 aromatic carbocycles. The minimum absolute atomic E-state index is 0.0296. The van der Waals surface area contributed by atoms with Crippen LogP contribution in [0.25, 0.3) is 16.5 Å². The number of carbonyl (C=O) groups excluding carboxylic acids is 1. The molecule has 1 aromatic heterocycles. The van der Waals surface area contributed by atoms with E-state index in [1.807, 2.05) is 19.1 Å². The van der Waals surface area contributed by atoms with Crippen LogP contribution < -0.4 is 0 Å². The quantitative estimate of drug-likeness (QED) is 0.181. The normalized spacial score (nSPS) is 11.0. The van der Waals surface area contributed by atoms with Crippen molar-refractivity contribution in [2.75, 3.05) is 6.61 Å². The molecule has 0 amide bonds. The zero-order valence-corrected chi connectivity index (χ0v) is 14.4. The van der Waals surface area contributed by atoms with Crippen LogP contribution in [-0.4, -0.2) is 17.5 Å². The van der Waals surface area contributed by atoms with E-state index in [-0.39, 0.29) is 11.3 Å². The zero-order chi connectivity index (χ0) is 18.2. The van der Waals surface area contributed by atoms with Gasteiger partial charge in [0.15, 0.2) is 0 Å². The smallest absolute Gasteiger partial charge is 0.348 e. The number of non-ortho nitro benzene ring substituents is 1. The third-order valence-corrected chi connectivity index (χ3v) is 4.43. The summed E-state index contributed by atoms with van der Waals surface area (Å²) in [7, 11) is 0. The molecule has 7 heteroatoms. The van der Waals surface area contributed by atoms with Gasteiger partial charge in [-0.2, -0.15) is 5.26 Å². The van der Waals surface area contributed by atoms with Crippen molar-refractivity contribution >= 4 is 29.1 Å². The number of rotatable bonds is 7. The van der Waals surface area contributed by atoms with E-state index in [2.05, 4.69) is 0 Å². The van der Waals surface area contributed by atoms with Crippen LogP contribution in [0.3, 0.4) is 0 Å². The summed E-state index contributed by atoms with van der Waals surface area (Å²) in [5.74, 6) is -0.624. The Morgan fingerprint density at radius 2 is 2.04 bits per heavy atom. The number of ether oxygens (including phenoxy) is 1. The van der Waals surface area contributed by atoms with E-state index < -0.39 is 10.9 Å². The first-order valence-corrected chi connectivity index (χ1v) is 8.50. The third-order valence-electron chi connectivity index (χ3n) is 3.35. The van der Waals surface area contributed by atoms with Gasteiger partial charge in [-0.3, -0.25) is 10.1 Å². The Balaban J connectivity index is 2.15. The molecule has 1 heterocycles. The zero-order valence-electron chi connectivity index (χ0n) is 13.6. The molecule has 0 aliphatic rings. The summed E-state index contributed by atoms with van der Waals surface area (Å²) in [6, 6.07) is 11.7. The molecule has 2 rings (SSSR count). The molecule has 0 aliphatic carbocycles. The van der Waals surface area contributed by atoms with Crippen molar-refractivity contribution < 1.29 is 14.5 Å². The SMILES string of the molecule is CCCCOC(=O)C(C#N)=Cc1ccc(-c2ccc([N+](=O)[O-])cc2)s1. The van der Waals surface area contributed by atoms with Gasteiger partial charge in [0.1, 0.15) is 11.6 Å². The van der Waals surface area contributed by atoms with Gasteiger partial charge < -0.3 is 4.74 Å². The van der Waals surface area contributed by atoms with E-state index in [0.717, 1.165) is 28.2 Å². The summed E-state index contributed by atoms with van der Waals surface area (Å²) < 4.78 is 5.05. The van der Waals surface area contributed by atoms with Crippen LogP contribution in [0.1, 0.15) is 24.6 Å². The highest BCUT2D eigenvalue weighted by molar-refractivity contribution is 7.16. The van der Waals surface area contributed by atoms with Crippen LogP contribution in [-0.2, 0) is 9.53 Å². The Bertz CT molecular complexity index is 832. The van der Waals surface area contributed by atoms with Crippen LogP contribution in [0.4, 0.5) is 5.69 Å². The van der Waals surface area contributed by atoms with Crippen molar-refractivity contribution in [3.05, 3.63) is 57.0 Å². The lowest BCUT2D eigenvalue weighted by atomic mass is 10.2. The molecule has 25 heavy (non-hydrogen) atoms. The van der Waals surface area contributed by atoms with Crippen LogP contribution >= 0.6 is 11.3 Å². The number of nitro benzene ring substituents is 1. The van der Waals surface area contributed by atoms with Gasteiger partial charge >= 0.3 is 5.97 Å². The second kappa shape index (κ2) is 8.76. The highest BCUT2D eigenvalue weighted by atomic mass is 32.1. The summed E-state index contributed by atoms with van der Waals surface area (Å²) in [5, 5.41) is 19.8. The van der Waals surface area contributed by atoms with Crippen LogP contribution in [0.5, 0.6) is 0 Å². The van der Waals surface area contributed by atoms with E-state index in [9.17, 15) is 14.9 Å². The second-order valence-electron chi connectivity index (χ2n) is 5.17. The van der Waals surface area contributed by atoms with E-state index in [0.29, 0.717) is 6.61 Å². The van der Waals surface area contributed by atoms with Gasteiger partial charge in [-0.1, -0.05) is 13.3 Å². The summed E-state index contributed by atoms with van der Waals surface area (Å²) in [4.78, 5) is 23.7. The van der Waals surface area contributed by atoms with Crippen molar-refractivity contribution in [3.63, 3.8) is 0 Å². The number of hydrogen-bond donors (Lipinski definition) is 0. The summed E-state index contributed by atoms with van der Waals surface area (Å²) in [6.07, 6.45) is 3.16. The number of nitro groups is 1.